The van der Waals surface area contributed by atoms with Gasteiger partial charge < -0.3 is 14.5 Å². The zero-order valence-corrected chi connectivity index (χ0v) is 15.2. The van der Waals surface area contributed by atoms with E-state index in [-0.39, 0.29) is 23.8 Å². The number of hydrogen-bond acceptors (Lipinski definition) is 4. The first-order chi connectivity index (χ1) is 13.2. The van der Waals surface area contributed by atoms with Gasteiger partial charge in [0, 0.05) is 45.0 Å². The first-order valence-corrected chi connectivity index (χ1v) is 9.30. The number of aromatic nitrogens is 1. The zero-order chi connectivity index (χ0) is 18.6. The van der Waals surface area contributed by atoms with Crippen LogP contribution in [0.15, 0.2) is 54.9 Å². The second-order valence-electron chi connectivity index (χ2n) is 7.20. The number of hydrogen-bond donors (Lipinski definition) is 0. The molecule has 2 aromatic rings. The van der Waals surface area contributed by atoms with E-state index >= 15 is 0 Å². The molecule has 140 valence electrons. The molecular weight excluding hydrogens is 342 g/mol. The minimum Gasteiger partial charge on any atom is -0.370 e. The molecule has 1 aromatic carbocycles. The zero-order valence-electron chi connectivity index (χ0n) is 15.2. The smallest absolute Gasteiger partial charge is 0.228 e. The Hall–Kier alpha value is -2.73. The lowest BCUT2D eigenvalue weighted by atomic mass is 10.0. The lowest BCUT2D eigenvalue weighted by Gasteiger charge is -2.40. The summed E-state index contributed by atoms with van der Waals surface area (Å²) in [5.74, 6) is -0.143. The van der Waals surface area contributed by atoms with Crippen LogP contribution in [0.5, 0.6) is 0 Å². The highest BCUT2D eigenvalue weighted by atomic mass is 16.5. The van der Waals surface area contributed by atoms with E-state index in [0.717, 1.165) is 11.1 Å². The molecule has 2 aliphatic rings. The SMILES string of the molecule is O=C1C[C@H](C(=O)N2CC(OCc3ccccc3)C2)CN1Cc1cccnc1. The van der Waals surface area contributed by atoms with Crippen molar-refractivity contribution in [3.63, 3.8) is 0 Å². The van der Waals surface area contributed by atoms with Gasteiger partial charge in [0.25, 0.3) is 0 Å². The molecule has 6 nitrogen and oxygen atoms in total. The number of pyridine rings is 1. The van der Waals surface area contributed by atoms with Crippen LogP contribution < -0.4 is 0 Å². The predicted octanol–water partition coefficient (Wildman–Crippen LogP) is 1.86. The third kappa shape index (κ3) is 4.17. The average molecular weight is 365 g/mol. The highest BCUT2D eigenvalue weighted by molar-refractivity contribution is 5.89. The molecule has 3 heterocycles. The number of nitrogens with zero attached hydrogens (tertiary/aromatic N) is 3. The highest BCUT2D eigenvalue weighted by Crippen LogP contribution is 2.25. The summed E-state index contributed by atoms with van der Waals surface area (Å²) in [6.45, 7) is 2.78. The van der Waals surface area contributed by atoms with Gasteiger partial charge in [0.1, 0.15) is 0 Å². The summed E-state index contributed by atoms with van der Waals surface area (Å²) in [4.78, 5) is 32.6. The summed E-state index contributed by atoms with van der Waals surface area (Å²) in [5, 5.41) is 0. The predicted molar refractivity (Wildman–Crippen MR) is 99.4 cm³/mol. The summed E-state index contributed by atoms with van der Waals surface area (Å²) in [5.41, 5.74) is 2.12. The van der Waals surface area contributed by atoms with Crippen LogP contribution in [-0.2, 0) is 27.5 Å². The second-order valence-corrected chi connectivity index (χ2v) is 7.20. The Balaban J connectivity index is 1.23. The molecule has 0 radical (unpaired) electrons. The Kier molecular flexibility index (Phi) is 5.16. The molecule has 2 amide bonds. The van der Waals surface area contributed by atoms with Gasteiger partial charge in [-0.1, -0.05) is 36.4 Å². The molecule has 0 spiro atoms. The largest absolute Gasteiger partial charge is 0.370 e. The maximum absolute atomic E-state index is 12.7. The minimum atomic E-state index is -0.246. The third-order valence-corrected chi connectivity index (χ3v) is 5.15. The molecule has 0 N–H and O–H groups in total. The Morgan fingerprint density at radius 2 is 1.85 bits per heavy atom. The van der Waals surface area contributed by atoms with Crippen molar-refractivity contribution in [3.8, 4) is 0 Å². The van der Waals surface area contributed by atoms with Crippen molar-refractivity contribution in [1.82, 2.24) is 14.8 Å². The van der Waals surface area contributed by atoms with E-state index in [1.54, 1.807) is 22.2 Å². The molecule has 6 heteroatoms. The van der Waals surface area contributed by atoms with Crippen LogP contribution in [0.4, 0.5) is 0 Å². The highest BCUT2D eigenvalue weighted by Gasteiger charge is 2.40. The fourth-order valence-electron chi connectivity index (χ4n) is 3.57. The van der Waals surface area contributed by atoms with Gasteiger partial charge in [-0.2, -0.15) is 0 Å². The number of ether oxygens (including phenoxy) is 1. The van der Waals surface area contributed by atoms with Crippen molar-refractivity contribution >= 4 is 11.8 Å². The van der Waals surface area contributed by atoms with Gasteiger partial charge >= 0.3 is 0 Å². The van der Waals surface area contributed by atoms with Crippen molar-refractivity contribution in [1.29, 1.82) is 0 Å². The second kappa shape index (κ2) is 7.88. The minimum absolute atomic E-state index is 0.0367. The Bertz CT molecular complexity index is 791. The molecule has 0 bridgehead atoms. The summed E-state index contributed by atoms with van der Waals surface area (Å²) in [6.07, 6.45) is 3.84. The van der Waals surface area contributed by atoms with E-state index < -0.39 is 0 Å². The van der Waals surface area contributed by atoms with Crippen LogP contribution in [0.3, 0.4) is 0 Å². The monoisotopic (exact) mass is 365 g/mol. The van der Waals surface area contributed by atoms with Crippen LogP contribution in [0, 0.1) is 5.92 Å². The molecule has 2 fully saturated rings. The van der Waals surface area contributed by atoms with Gasteiger partial charge in [-0.3, -0.25) is 14.6 Å². The molecule has 2 saturated heterocycles. The summed E-state index contributed by atoms with van der Waals surface area (Å²) >= 11 is 0. The maximum atomic E-state index is 12.7. The van der Waals surface area contributed by atoms with E-state index in [9.17, 15) is 9.59 Å². The molecule has 0 saturated carbocycles. The number of amides is 2. The summed E-state index contributed by atoms with van der Waals surface area (Å²) in [7, 11) is 0. The Morgan fingerprint density at radius 1 is 1.07 bits per heavy atom. The van der Waals surface area contributed by atoms with Gasteiger partial charge in [-0.05, 0) is 17.2 Å². The van der Waals surface area contributed by atoms with Crippen molar-refractivity contribution in [2.24, 2.45) is 5.92 Å². The number of benzene rings is 1. The topological polar surface area (TPSA) is 62.7 Å². The Labute approximate surface area is 158 Å². The van der Waals surface area contributed by atoms with E-state index in [1.807, 2.05) is 42.5 Å². The van der Waals surface area contributed by atoms with E-state index in [2.05, 4.69) is 4.98 Å². The van der Waals surface area contributed by atoms with Gasteiger partial charge in [-0.15, -0.1) is 0 Å². The fraction of sp³-hybridized carbons (Fsp3) is 0.381. The van der Waals surface area contributed by atoms with E-state index in [0.29, 0.717) is 39.2 Å². The van der Waals surface area contributed by atoms with Gasteiger partial charge in [-0.25, -0.2) is 0 Å². The maximum Gasteiger partial charge on any atom is 0.228 e. The van der Waals surface area contributed by atoms with Crippen molar-refractivity contribution in [2.75, 3.05) is 19.6 Å². The van der Waals surface area contributed by atoms with Crippen molar-refractivity contribution in [2.45, 2.75) is 25.7 Å². The van der Waals surface area contributed by atoms with Gasteiger partial charge in [0.2, 0.25) is 11.8 Å². The summed E-state index contributed by atoms with van der Waals surface area (Å²) < 4.78 is 5.85. The van der Waals surface area contributed by atoms with Crippen LogP contribution in [0.1, 0.15) is 17.5 Å². The number of carbonyl (C=O) groups excluding carboxylic acids is 2. The number of carbonyl (C=O) groups is 2. The first kappa shape index (κ1) is 17.7. The molecule has 1 aromatic heterocycles. The van der Waals surface area contributed by atoms with Gasteiger partial charge in [0.15, 0.2) is 0 Å². The molecule has 27 heavy (non-hydrogen) atoms. The van der Waals surface area contributed by atoms with E-state index in [4.69, 9.17) is 4.74 Å². The summed E-state index contributed by atoms with van der Waals surface area (Å²) in [6, 6.07) is 13.8. The molecule has 0 unspecified atom stereocenters. The molecular formula is C21H23N3O3. The van der Waals surface area contributed by atoms with Crippen LogP contribution in [0.25, 0.3) is 0 Å². The van der Waals surface area contributed by atoms with Crippen LogP contribution in [-0.4, -0.2) is 52.3 Å². The van der Waals surface area contributed by atoms with Crippen LogP contribution >= 0.6 is 0 Å². The van der Waals surface area contributed by atoms with E-state index in [1.165, 1.54) is 0 Å². The third-order valence-electron chi connectivity index (χ3n) is 5.15. The number of likely N-dealkylation sites (tertiary alicyclic amines) is 2. The normalized spacial score (nSPS) is 20.0. The van der Waals surface area contributed by atoms with Gasteiger partial charge in [0.05, 0.1) is 18.6 Å². The average Bonchev–Trinajstić information content (AvgIpc) is 3.02. The fourth-order valence-corrected chi connectivity index (χ4v) is 3.57. The Morgan fingerprint density at radius 3 is 2.59 bits per heavy atom. The molecule has 0 aliphatic carbocycles. The lowest BCUT2D eigenvalue weighted by Crippen LogP contribution is -2.56. The molecule has 4 rings (SSSR count). The van der Waals surface area contributed by atoms with Crippen LogP contribution in [0.2, 0.25) is 0 Å². The standard InChI is InChI=1S/C21H23N3O3/c25-20-9-18(12-23(20)11-17-7-4-8-22-10-17)21(26)24-13-19(14-24)27-15-16-5-2-1-3-6-16/h1-8,10,18-19H,9,11-15H2/t18-/m0/s1. The number of rotatable bonds is 6. The van der Waals surface area contributed by atoms with Crippen molar-refractivity contribution < 1.29 is 14.3 Å². The van der Waals surface area contributed by atoms with Crippen molar-refractivity contribution in [3.05, 3.63) is 66.0 Å². The first-order valence-electron chi connectivity index (χ1n) is 9.30. The quantitative estimate of drug-likeness (QED) is 0.784. The molecule has 2 aliphatic heterocycles. The molecule has 1 atom stereocenters. The lowest BCUT2D eigenvalue weighted by molar-refractivity contribution is -0.150.